The molecule has 0 bridgehead atoms. The molecule has 148 valence electrons. The first-order valence-electron chi connectivity index (χ1n) is 9.09. The lowest BCUT2D eigenvalue weighted by atomic mass is 10.1. The number of carbonyl (C=O) groups is 1. The molecular weight excluding hydrogens is 398 g/mol. The van der Waals surface area contributed by atoms with Crippen LogP contribution in [0, 0.1) is 0 Å². The fourth-order valence-electron chi connectivity index (χ4n) is 3.07. The predicted octanol–water partition coefficient (Wildman–Crippen LogP) is 3.67. The Kier molecular flexibility index (Phi) is 6.49. The number of carbonyl (C=O) groups excluding carboxylic acids is 1. The number of nitrogens with zero attached hydrogens (tertiary/aromatic N) is 2. The van der Waals surface area contributed by atoms with Crippen LogP contribution in [-0.4, -0.2) is 37.4 Å². The number of sulfonamides is 1. The molecule has 28 heavy (non-hydrogen) atoms. The third-order valence-electron chi connectivity index (χ3n) is 4.64. The van der Waals surface area contributed by atoms with Gasteiger partial charge in [-0.3, -0.25) is 4.79 Å². The third-order valence-corrected chi connectivity index (χ3v) is 6.86. The molecule has 0 aromatic heterocycles. The Bertz CT molecular complexity index is 999. The molecule has 0 atom stereocenters. The standard InChI is InChI=1S/C20H22ClN3O3S/c1-15(18-10-3-4-11-19(18)21)22-23-20(25)16-8-7-9-17(14-16)28(26,27)24-12-5-2-6-13-24/h3-4,7-11,14H,2,5-6,12-13H2,1H3,(H,23,25)/b22-15+. The summed E-state index contributed by atoms with van der Waals surface area (Å²) in [5.41, 5.74) is 3.96. The predicted molar refractivity (Wildman–Crippen MR) is 110 cm³/mol. The van der Waals surface area contributed by atoms with E-state index in [1.54, 1.807) is 31.2 Å². The molecule has 1 aliphatic rings. The zero-order valence-electron chi connectivity index (χ0n) is 15.6. The number of hydrogen-bond donors (Lipinski definition) is 1. The molecule has 8 heteroatoms. The average Bonchev–Trinajstić information content (AvgIpc) is 2.73. The van der Waals surface area contributed by atoms with E-state index < -0.39 is 15.9 Å². The molecule has 2 aromatic carbocycles. The van der Waals surface area contributed by atoms with Crippen molar-refractivity contribution in [1.82, 2.24) is 9.73 Å². The lowest BCUT2D eigenvalue weighted by molar-refractivity contribution is 0.0954. The van der Waals surface area contributed by atoms with Crippen molar-refractivity contribution in [2.24, 2.45) is 5.10 Å². The second kappa shape index (κ2) is 8.86. The normalized spacial score (nSPS) is 16.0. The van der Waals surface area contributed by atoms with Crippen LogP contribution in [0.5, 0.6) is 0 Å². The summed E-state index contributed by atoms with van der Waals surface area (Å²) in [6, 6.07) is 13.2. The van der Waals surface area contributed by atoms with Crippen LogP contribution in [-0.2, 0) is 10.0 Å². The summed E-state index contributed by atoms with van der Waals surface area (Å²) < 4.78 is 27.1. The van der Waals surface area contributed by atoms with Crippen LogP contribution in [0.3, 0.4) is 0 Å². The van der Waals surface area contributed by atoms with Gasteiger partial charge < -0.3 is 0 Å². The SMILES string of the molecule is C/C(=N\NC(=O)c1cccc(S(=O)(=O)N2CCCCC2)c1)c1ccccc1Cl. The van der Waals surface area contributed by atoms with Gasteiger partial charge in [-0.1, -0.05) is 42.3 Å². The van der Waals surface area contributed by atoms with Crippen LogP contribution in [0.25, 0.3) is 0 Å². The van der Waals surface area contributed by atoms with Crippen molar-refractivity contribution in [3.63, 3.8) is 0 Å². The second-order valence-corrected chi connectivity index (χ2v) is 8.96. The molecule has 3 rings (SSSR count). The van der Waals surface area contributed by atoms with E-state index in [0.29, 0.717) is 29.4 Å². The van der Waals surface area contributed by atoms with E-state index in [9.17, 15) is 13.2 Å². The molecule has 1 N–H and O–H groups in total. The van der Waals surface area contributed by atoms with Gasteiger partial charge in [0.25, 0.3) is 5.91 Å². The highest BCUT2D eigenvalue weighted by molar-refractivity contribution is 7.89. The summed E-state index contributed by atoms with van der Waals surface area (Å²) in [7, 11) is -3.60. The molecule has 0 spiro atoms. The molecule has 2 aromatic rings. The molecule has 0 radical (unpaired) electrons. The van der Waals surface area contributed by atoms with Crippen molar-refractivity contribution in [3.8, 4) is 0 Å². The van der Waals surface area contributed by atoms with Crippen LogP contribution in [0.4, 0.5) is 0 Å². The maximum absolute atomic E-state index is 12.8. The molecular formula is C20H22ClN3O3S. The van der Waals surface area contributed by atoms with Gasteiger partial charge in [0, 0.05) is 29.2 Å². The summed E-state index contributed by atoms with van der Waals surface area (Å²) in [5.74, 6) is -0.484. The first kappa shape index (κ1) is 20.5. The second-order valence-electron chi connectivity index (χ2n) is 6.61. The molecule has 6 nitrogen and oxygen atoms in total. The lowest BCUT2D eigenvalue weighted by Gasteiger charge is -2.25. The molecule has 0 unspecified atom stereocenters. The van der Waals surface area contributed by atoms with Crippen LogP contribution < -0.4 is 5.43 Å². The highest BCUT2D eigenvalue weighted by Crippen LogP contribution is 2.21. The fraction of sp³-hybridized carbons (Fsp3) is 0.300. The van der Waals surface area contributed by atoms with Crippen LogP contribution in [0.2, 0.25) is 5.02 Å². The fourth-order valence-corrected chi connectivity index (χ4v) is 4.90. The molecule has 1 saturated heterocycles. The Morgan fingerprint density at radius 3 is 2.50 bits per heavy atom. The van der Waals surface area contributed by atoms with Gasteiger partial charge in [0.2, 0.25) is 10.0 Å². The van der Waals surface area contributed by atoms with Gasteiger partial charge in [-0.15, -0.1) is 0 Å². The monoisotopic (exact) mass is 419 g/mol. The van der Waals surface area contributed by atoms with Gasteiger partial charge >= 0.3 is 0 Å². The van der Waals surface area contributed by atoms with Gasteiger partial charge in [-0.05, 0) is 44.0 Å². The van der Waals surface area contributed by atoms with Crippen molar-refractivity contribution >= 4 is 33.2 Å². The summed E-state index contributed by atoms with van der Waals surface area (Å²) >= 11 is 6.13. The minimum Gasteiger partial charge on any atom is -0.267 e. The number of hydrogen-bond acceptors (Lipinski definition) is 4. The molecule has 1 aliphatic heterocycles. The lowest BCUT2D eigenvalue weighted by Crippen LogP contribution is -2.35. The van der Waals surface area contributed by atoms with Gasteiger partial charge in [-0.25, -0.2) is 13.8 Å². The molecule has 0 aliphatic carbocycles. The van der Waals surface area contributed by atoms with Crippen molar-refractivity contribution in [2.75, 3.05) is 13.1 Å². The Hall–Kier alpha value is -2.22. The van der Waals surface area contributed by atoms with Crippen LogP contribution >= 0.6 is 11.6 Å². The van der Waals surface area contributed by atoms with E-state index in [1.165, 1.54) is 16.4 Å². The zero-order valence-corrected chi connectivity index (χ0v) is 17.1. The molecule has 1 fully saturated rings. The molecule has 0 saturated carbocycles. The van der Waals surface area contributed by atoms with E-state index in [1.807, 2.05) is 12.1 Å². The minimum absolute atomic E-state index is 0.119. The maximum atomic E-state index is 12.8. The van der Waals surface area contributed by atoms with E-state index in [0.717, 1.165) is 19.3 Å². The maximum Gasteiger partial charge on any atom is 0.271 e. The van der Waals surface area contributed by atoms with Crippen LogP contribution in [0.15, 0.2) is 58.5 Å². The highest BCUT2D eigenvalue weighted by Gasteiger charge is 2.26. The van der Waals surface area contributed by atoms with E-state index in [-0.39, 0.29) is 10.5 Å². The number of piperidine rings is 1. The first-order chi connectivity index (χ1) is 13.4. The van der Waals surface area contributed by atoms with Crippen LogP contribution in [0.1, 0.15) is 42.1 Å². The number of nitrogens with one attached hydrogen (secondary N) is 1. The van der Waals surface area contributed by atoms with Gasteiger partial charge in [0.1, 0.15) is 0 Å². The Morgan fingerprint density at radius 1 is 1.07 bits per heavy atom. The number of rotatable bonds is 5. The van der Waals surface area contributed by atoms with E-state index >= 15 is 0 Å². The van der Waals surface area contributed by atoms with Crippen molar-refractivity contribution in [3.05, 3.63) is 64.7 Å². The van der Waals surface area contributed by atoms with Gasteiger partial charge in [0.05, 0.1) is 10.6 Å². The zero-order chi connectivity index (χ0) is 20.1. The van der Waals surface area contributed by atoms with Gasteiger partial charge in [-0.2, -0.15) is 9.41 Å². The van der Waals surface area contributed by atoms with Crippen molar-refractivity contribution in [1.29, 1.82) is 0 Å². The Morgan fingerprint density at radius 2 is 1.79 bits per heavy atom. The smallest absolute Gasteiger partial charge is 0.267 e. The number of benzene rings is 2. The summed E-state index contributed by atoms with van der Waals surface area (Å²) in [4.78, 5) is 12.6. The summed E-state index contributed by atoms with van der Waals surface area (Å²) in [6.45, 7) is 2.76. The summed E-state index contributed by atoms with van der Waals surface area (Å²) in [5, 5.41) is 4.62. The first-order valence-corrected chi connectivity index (χ1v) is 10.9. The largest absolute Gasteiger partial charge is 0.271 e. The van der Waals surface area contributed by atoms with Crippen molar-refractivity contribution < 1.29 is 13.2 Å². The number of hydrazone groups is 1. The minimum atomic E-state index is -3.60. The van der Waals surface area contributed by atoms with Gasteiger partial charge in [0.15, 0.2) is 0 Å². The topological polar surface area (TPSA) is 78.8 Å². The summed E-state index contributed by atoms with van der Waals surface area (Å²) in [6.07, 6.45) is 2.75. The quantitative estimate of drug-likeness (QED) is 0.593. The molecule has 1 amide bonds. The number of halogens is 1. The third kappa shape index (κ3) is 4.60. The van der Waals surface area contributed by atoms with Crippen molar-refractivity contribution in [2.45, 2.75) is 31.1 Å². The Balaban J connectivity index is 1.77. The number of amides is 1. The highest BCUT2D eigenvalue weighted by atomic mass is 35.5. The Labute approximate surface area is 170 Å². The average molecular weight is 420 g/mol. The van der Waals surface area contributed by atoms with E-state index in [2.05, 4.69) is 10.5 Å². The van der Waals surface area contributed by atoms with E-state index in [4.69, 9.17) is 11.6 Å². The molecule has 1 heterocycles.